The van der Waals surface area contributed by atoms with Crippen LogP contribution in [0.4, 0.5) is 29.3 Å². The number of urea groups is 1. The van der Waals surface area contributed by atoms with Crippen molar-refractivity contribution in [3.63, 3.8) is 0 Å². The molecule has 7 nitrogen and oxygen atoms in total. The normalized spacial score (nSPS) is 12.9. The van der Waals surface area contributed by atoms with Crippen LogP contribution in [0, 0.1) is 0 Å². The molecule has 0 fully saturated rings. The van der Waals surface area contributed by atoms with Crippen molar-refractivity contribution in [1.29, 1.82) is 0 Å². The number of hydrogen-bond donors (Lipinski definition) is 2. The van der Waals surface area contributed by atoms with E-state index in [1.807, 2.05) is 18.2 Å². The number of carboxylic acid groups (broad SMARTS) is 1. The van der Waals surface area contributed by atoms with Crippen LogP contribution in [-0.4, -0.2) is 60.0 Å². The number of aliphatic carboxylic acids is 1. The third kappa shape index (κ3) is 8.98. The van der Waals surface area contributed by atoms with Crippen molar-refractivity contribution in [2.45, 2.75) is 52.4 Å². The minimum Gasteiger partial charge on any atom is -0.492 e. The molecule has 0 saturated heterocycles. The number of amides is 2. The maximum atomic E-state index is 12.8. The molecule has 204 valence electrons. The van der Waals surface area contributed by atoms with Crippen molar-refractivity contribution in [1.82, 2.24) is 4.90 Å². The number of alkyl halides is 3. The summed E-state index contributed by atoms with van der Waals surface area (Å²) in [7, 11) is 0. The average Bonchev–Trinajstić information content (AvgIpc) is 3.22. The molecule has 0 aliphatic carbocycles. The molecule has 0 atom stereocenters. The first-order chi connectivity index (χ1) is 17.2. The fourth-order valence-corrected chi connectivity index (χ4v) is 4.10. The van der Waals surface area contributed by atoms with E-state index in [0.29, 0.717) is 41.0 Å². The number of carbonyl (C=O) groups excluding carboxylic acids is 1. The lowest BCUT2D eigenvalue weighted by molar-refractivity contribution is -0.192. The number of benzene rings is 2. The molecule has 2 aromatic rings. The largest absolute Gasteiger partial charge is 0.492 e. The van der Waals surface area contributed by atoms with E-state index < -0.39 is 12.1 Å². The summed E-state index contributed by atoms with van der Waals surface area (Å²) in [5.41, 5.74) is 2.63. The summed E-state index contributed by atoms with van der Waals surface area (Å²) in [6.07, 6.45) is -4.26. The SMILES string of the molecule is CC(C)N(CCOc1ccc2c(c1)N(C(=O)Nc1ccc(Cl)c(Cl)c1)CC2)C(C)C.O=C(O)C(F)(F)F. The summed E-state index contributed by atoms with van der Waals surface area (Å²) >= 11 is 12.0. The zero-order chi connectivity index (χ0) is 27.9. The number of carboxylic acids is 1. The van der Waals surface area contributed by atoms with Gasteiger partial charge in [-0.25, -0.2) is 9.59 Å². The molecule has 0 spiro atoms. The Morgan fingerprint density at radius 1 is 1.08 bits per heavy atom. The van der Waals surface area contributed by atoms with E-state index in [4.69, 9.17) is 37.8 Å². The second-order valence-corrected chi connectivity index (χ2v) is 9.64. The maximum absolute atomic E-state index is 12.8. The van der Waals surface area contributed by atoms with Gasteiger partial charge in [0, 0.05) is 36.9 Å². The van der Waals surface area contributed by atoms with E-state index in [9.17, 15) is 18.0 Å². The Bertz CT molecular complexity index is 1090. The second kappa shape index (κ2) is 13.2. The average molecular weight is 564 g/mol. The second-order valence-electron chi connectivity index (χ2n) is 8.83. The van der Waals surface area contributed by atoms with Crippen molar-refractivity contribution in [2.24, 2.45) is 0 Å². The number of ether oxygens (including phenoxy) is 1. The van der Waals surface area contributed by atoms with Crippen LogP contribution in [0.25, 0.3) is 0 Å². The predicted octanol–water partition coefficient (Wildman–Crippen LogP) is 6.72. The van der Waals surface area contributed by atoms with Crippen LogP contribution in [0.2, 0.25) is 10.0 Å². The quantitative estimate of drug-likeness (QED) is 0.390. The van der Waals surface area contributed by atoms with Crippen molar-refractivity contribution in [3.05, 3.63) is 52.0 Å². The van der Waals surface area contributed by atoms with Gasteiger partial charge in [0.2, 0.25) is 0 Å². The Morgan fingerprint density at radius 2 is 1.70 bits per heavy atom. The number of rotatable bonds is 7. The molecule has 0 bridgehead atoms. The third-order valence-corrected chi connectivity index (χ3v) is 6.29. The van der Waals surface area contributed by atoms with Gasteiger partial charge in [-0.2, -0.15) is 13.2 Å². The molecule has 2 N–H and O–H groups in total. The van der Waals surface area contributed by atoms with Gasteiger partial charge in [0.25, 0.3) is 0 Å². The lowest BCUT2D eigenvalue weighted by Gasteiger charge is -2.30. The molecule has 1 aliphatic rings. The van der Waals surface area contributed by atoms with E-state index in [2.05, 4.69) is 37.9 Å². The van der Waals surface area contributed by atoms with Gasteiger partial charge < -0.3 is 15.2 Å². The Balaban J connectivity index is 0.000000604. The molecular weight excluding hydrogens is 534 g/mol. The lowest BCUT2D eigenvalue weighted by atomic mass is 10.1. The first-order valence-electron chi connectivity index (χ1n) is 11.6. The molecule has 1 heterocycles. The molecule has 2 amide bonds. The fourth-order valence-electron chi connectivity index (χ4n) is 3.81. The minimum atomic E-state index is -5.08. The van der Waals surface area contributed by atoms with Gasteiger partial charge >= 0.3 is 18.2 Å². The highest BCUT2D eigenvalue weighted by Gasteiger charge is 2.38. The fraction of sp³-hybridized carbons (Fsp3) is 0.440. The highest BCUT2D eigenvalue weighted by Crippen LogP contribution is 2.33. The number of fused-ring (bicyclic) bond motifs is 1. The third-order valence-electron chi connectivity index (χ3n) is 5.56. The van der Waals surface area contributed by atoms with Crippen molar-refractivity contribution in [2.75, 3.05) is 29.9 Å². The van der Waals surface area contributed by atoms with Gasteiger partial charge in [-0.15, -0.1) is 0 Å². The molecule has 2 aromatic carbocycles. The number of nitrogens with one attached hydrogen (secondary N) is 1. The first-order valence-corrected chi connectivity index (χ1v) is 12.3. The van der Waals surface area contributed by atoms with Crippen LogP contribution in [0.15, 0.2) is 36.4 Å². The number of halogens is 5. The Kier molecular flexibility index (Phi) is 10.9. The van der Waals surface area contributed by atoms with Gasteiger partial charge in [0.15, 0.2) is 0 Å². The van der Waals surface area contributed by atoms with Crippen LogP contribution in [-0.2, 0) is 11.2 Å². The molecule has 3 rings (SSSR count). The summed E-state index contributed by atoms with van der Waals surface area (Å²) in [6, 6.07) is 11.8. The van der Waals surface area contributed by atoms with E-state index in [-0.39, 0.29) is 6.03 Å². The van der Waals surface area contributed by atoms with Crippen molar-refractivity contribution < 1.29 is 32.6 Å². The number of carbonyl (C=O) groups is 2. The number of hydrogen-bond acceptors (Lipinski definition) is 4. The van der Waals surface area contributed by atoms with Crippen molar-refractivity contribution in [3.8, 4) is 5.75 Å². The van der Waals surface area contributed by atoms with Crippen LogP contribution in [0.1, 0.15) is 33.3 Å². The Labute approximate surface area is 224 Å². The van der Waals surface area contributed by atoms with Crippen LogP contribution in [0.5, 0.6) is 5.75 Å². The van der Waals surface area contributed by atoms with Crippen LogP contribution in [0.3, 0.4) is 0 Å². The van der Waals surface area contributed by atoms with Gasteiger partial charge in [0.05, 0.1) is 15.7 Å². The van der Waals surface area contributed by atoms with E-state index in [1.165, 1.54) is 0 Å². The first kappa shape index (κ1) is 30.5. The zero-order valence-electron chi connectivity index (χ0n) is 20.9. The van der Waals surface area contributed by atoms with Crippen LogP contribution >= 0.6 is 23.2 Å². The van der Waals surface area contributed by atoms with Gasteiger partial charge in [-0.1, -0.05) is 29.3 Å². The molecule has 37 heavy (non-hydrogen) atoms. The van der Waals surface area contributed by atoms with Crippen LogP contribution < -0.4 is 15.0 Å². The molecular formula is C25H30Cl2F3N3O4. The monoisotopic (exact) mass is 563 g/mol. The topological polar surface area (TPSA) is 82.1 Å². The molecule has 0 unspecified atom stereocenters. The highest BCUT2D eigenvalue weighted by atomic mass is 35.5. The highest BCUT2D eigenvalue weighted by molar-refractivity contribution is 6.42. The Hall–Kier alpha value is -2.69. The summed E-state index contributed by atoms with van der Waals surface area (Å²) < 4.78 is 37.7. The molecule has 0 saturated carbocycles. The smallest absolute Gasteiger partial charge is 0.490 e. The predicted molar refractivity (Wildman–Crippen MR) is 139 cm³/mol. The van der Waals surface area contributed by atoms with E-state index in [1.54, 1.807) is 23.1 Å². The van der Waals surface area contributed by atoms with Gasteiger partial charge in [-0.05, 0) is 63.9 Å². The standard InChI is InChI=1S/C23H29Cl2N3O2.C2HF3O2/c1-15(2)27(16(3)4)11-12-30-19-7-5-17-9-10-28(22(17)14-19)23(29)26-18-6-8-20(24)21(25)13-18;3-2(4,5)1(6)7/h5-8,13-16H,9-12H2,1-4H3,(H,26,29);(H,6,7). The minimum absolute atomic E-state index is 0.199. The maximum Gasteiger partial charge on any atom is 0.490 e. The summed E-state index contributed by atoms with van der Waals surface area (Å²) in [6.45, 7) is 10.9. The molecule has 0 radical (unpaired) electrons. The van der Waals surface area contributed by atoms with Gasteiger partial charge in [0.1, 0.15) is 12.4 Å². The summed E-state index contributed by atoms with van der Waals surface area (Å²) in [5.74, 6) is -1.98. The Morgan fingerprint density at radius 3 is 2.24 bits per heavy atom. The number of nitrogens with zero attached hydrogens (tertiary/aromatic N) is 2. The number of anilines is 2. The molecule has 12 heteroatoms. The lowest BCUT2D eigenvalue weighted by Crippen LogP contribution is -2.39. The van der Waals surface area contributed by atoms with E-state index >= 15 is 0 Å². The zero-order valence-corrected chi connectivity index (χ0v) is 22.4. The molecule has 0 aromatic heterocycles. The van der Waals surface area contributed by atoms with Crippen molar-refractivity contribution >= 4 is 46.6 Å². The summed E-state index contributed by atoms with van der Waals surface area (Å²) in [4.78, 5) is 25.9. The van der Waals surface area contributed by atoms with Gasteiger partial charge in [-0.3, -0.25) is 9.80 Å². The molecule has 1 aliphatic heterocycles. The van der Waals surface area contributed by atoms with E-state index in [0.717, 1.165) is 30.0 Å². The summed E-state index contributed by atoms with van der Waals surface area (Å²) in [5, 5.41) is 10.9.